The Morgan fingerprint density at radius 2 is 0.877 bits per heavy atom. The molecule has 9 aromatic carbocycles. The van der Waals surface area contributed by atoms with Crippen LogP contribution in [0.1, 0.15) is 82.4 Å². The fourth-order valence-corrected chi connectivity index (χ4v) is 9.82. The second-order valence-electron chi connectivity index (χ2n) is 17.7. The van der Waals surface area contributed by atoms with Crippen molar-refractivity contribution in [3.05, 3.63) is 209 Å². The lowest BCUT2D eigenvalue weighted by atomic mass is 9.84. The monoisotopic (exact) mass is 909 g/mol. The van der Waals surface area contributed by atoms with E-state index in [9.17, 15) is 0 Å². The Labute approximate surface area is 396 Å². The van der Waals surface area contributed by atoms with Crippen LogP contribution in [-0.4, -0.2) is 0 Å². The molecule has 0 unspecified atom stereocenters. The van der Waals surface area contributed by atoms with Crippen LogP contribution in [-0.2, 0) is 19.3 Å². The first-order valence-electron chi connectivity index (χ1n) is 24.0. The SMILES string of the molecule is CCCCCc1ccc(-c2ccc(N(c3ccc(-c4ccc(Br)cc4)cc3)c3ccc(-c4cc(CCCC)c(-c5cccc6ccc(CCCC)cc56)c5ccccc45)cc3)cc2)cc1. The molecule has 65 heavy (non-hydrogen) atoms. The molecule has 0 fully saturated rings. The molecule has 0 aliphatic heterocycles. The fourth-order valence-electron chi connectivity index (χ4n) is 9.56. The number of hydrogen-bond acceptors (Lipinski definition) is 1. The van der Waals surface area contributed by atoms with Crippen molar-refractivity contribution in [2.75, 3.05) is 4.90 Å². The summed E-state index contributed by atoms with van der Waals surface area (Å²) in [6.45, 7) is 6.85. The van der Waals surface area contributed by atoms with Crippen molar-refractivity contribution < 1.29 is 0 Å². The van der Waals surface area contributed by atoms with Gasteiger partial charge in [0.25, 0.3) is 0 Å². The van der Waals surface area contributed by atoms with E-state index in [-0.39, 0.29) is 0 Å². The largest absolute Gasteiger partial charge is 0.311 e. The highest BCUT2D eigenvalue weighted by molar-refractivity contribution is 9.10. The molecular weight excluding hydrogens is 851 g/mol. The first-order valence-corrected chi connectivity index (χ1v) is 24.8. The third-order valence-corrected chi connectivity index (χ3v) is 13.7. The smallest absolute Gasteiger partial charge is 0.0462 e. The molecule has 0 amide bonds. The topological polar surface area (TPSA) is 3.24 Å². The first kappa shape index (κ1) is 44.0. The molecule has 0 aromatic heterocycles. The van der Waals surface area contributed by atoms with E-state index in [4.69, 9.17) is 0 Å². The zero-order valence-electron chi connectivity index (χ0n) is 38.3. The molecule has 324 valence electrons. The highest BCUT2D eigenvalue weighted by Crippen LogP contribution is 2.43. The van der Waals surface area contributed by atoms with Gasteiger partial charge in [-0.25, -0.2) is 0 Å². The van der Waals surface area contributed by atoms with Gasteiger partial charge >= 0.3 is 0 Å². The molecule has 9 aromatic rings. The van der Waals surface area contributed by atoms with Crippen LogP contribution in [0.2, 0.25) is 0 Å². The Balaban J connectivity index is 1.10. The van der Waals surface area contributed by atoms with E-state index in [1.807, 2.05) is 0 Å². The molecule has 1 nitrogen and oxygen atoms in total. The van der Waals surface area contributed by atoms with Crippen molar-refractivity contribution in [1.82, 2.24) is 0 Å². The third kappa shape index (κ3) is 9.90. The summed E-state index contributed by atoms with van der Waals surface area (Å²) in [5.74, 6) is 0. The molecule has 0 saturated carbocycles. The van der Waals surface area contributed by atoms with Crippen molar-refractivity contribution in [3.8, 4) is 44.5 Å². The fraction of sp³-hybridized carbons (Fsp3) is 0.206. The van der Waals surface area contributed by atoms with Crippen LogP contribution >= 0.6 is 15.9 Å². The predicted octanol–water partition coefficient (Wildman–Crippen LogP) is 19.3. The van der Waals surface area contributed by atoms with Gasteiger partial charge in [-0.2, -0.15) is 0 Å². The number of benzene rings is 9. The van der Waals surface area contributed by atoms with Gasteiger partial charge < -0.3 is 4.90 Å². The number of aryl methyl sites for hydroxylation is 3. The lowest BCUT2D eigenvalue weighted by Gasteiger charge is -2.26. The van der Waals surface area contributed by atoms with Crippen LogP contribution in [0.4, 0.5) is 17.1 Å². The van der Waals surface area contributed by atoms with Gasteiger partial charge in [-0.05, 0) is 176 Å². The number of hydrogen-bond donors (Lipinski definition) is 0. The van der Waals surface area contributed by atoms with Crippen molar-refractivity contribution in [2.45, 2.75) is 85.0 Å². The van der Waals surface area contributed by atoms with E-state index >= 15 is 0 Å². The van der Waals surface area contributed by atoms with Gasteiger partial charge in [0.15, 0.2) is 0 Å². The highest BCUT2D eigenvalue weighted by atomic mass is 79.9. The van der Waals surface area contributed by atoms with Gasteiger partial charge in [0.1, 0.15) is 0 Å². The predicted molar refractivity (Wildman–Crippen MR) is 286 cm³/mol. The number of unbranched alkanes of at least 4 members (excludes halogenated alkanes) is 4. The second-order valence-corrected chi connectivity index (χ2v) is 18.6. The average molecular weight is 911 g/mol. The van der Waals surface area contributed by atoms with Crippen LogP contribution in [0.25, 0.3) is 66.1 Å². The number of fused-ring (bicyclic) bond motifs is 2. The molecule has 2 heteroatoms. The summed E-state index contributed by atoms with van der Waals surface area (Å²) < 4.78 is 1.08. The minimum Gasteiger partial charge on any atom is -0.311 e. The Bertz CT molecular complexity index is 2980. The third-order valence-electron chi connectivity index (χ3n) is 13.2. The maximum Gasteiger partial charge on any atom is 0.0462 e. The van der Waals surface area contributed by atoms with E-state index in [1.54, 1.807) is 0 Å². The van der Waals surface area contributed by atoms with Gasteiger partial charge in [0, 0.05) is 21.5 Å². The van der Waals surface area contributed by atoms with Gasteiger partial charge in [-0.15, -0.1) is 0 Å². The molecule has 0 radical (unpaired) electrons. The van der Waals surface area contributed by atoms with Crippen LogP contribution in [0.15, 0.2) is 193 Å². The molecule has 0 spiro atoms. The van der Waals surface area contributed by atoms with E-state index < -0.39 is 0 Å². The van der Waals surface area contributed by atoms with Gasteiger partial charge in [-0.3, -0.25) is 0 Å². The summed E-state index contributed by atoms with van der Waals surface area (Å²) in [7, 11) is 0. The molecule has 0 saturated heterocycles. The summed E-state index contributed by atoms with van der Waals surface area (Å²) >= 11 is 3.60. The van der Waals surface area contributed by atoms with Gasteiger partial charge in [-0.1, -0.05) is 196 Å². The van der Waals surface area contributed by atoms with Gasteiger partial charge in [0.05, 0.1) is 0 Å². The van der Waals surface area contributed by atoms with Gasteiger partial charge in [0.2, 0.25) is 0 Å². The summed E-state index contributed by atoms with van der Waals surface area (Å²) in [5.41, 5.74) is 17.8. The van der Waals surface area contributed by atoms with Crippen molar-refractivity contribution >= 4 is 54.5 Å². The second kappa shape index (κ2) is 20.7. The van der Waals surface area contributed by atoms with E-state index in [1.165, 1.54) is 115 Å². The molecule has 0 heterocycles. The lowest BCUT2D eigenvalue weighted by molar-refractivity contribution is 0.717. The highest BCUT2D eigenvalue weighted by Gasteiger charge is 2.19. The zero-order chi connectivity index (χ0) is 44.5. The average Bonchev–Trinajstić information content (AvgIpc) is 3.36. The van der Waals surface area contributed by atoms with Crippen molar-refractivity contribution in [2.24, 2.45) is 0 Å². The number of anilines is 3. The Morgan fingerprint density at radius 1 is 0.369 bits per heavy atom. The van der Waals surface area contributed by atoms with Crippen LogP contribution in [0.5, 0.6) is 0 Å². The molecule has 9 rings (SSSR count). The minimum atomic E-state index is 1.04. The maximum absolute atomic E-state index is 3.60. The zero-order valence-corrected chi connectivity index (χ0v) is 39.9. The lowest BCUT2D eigenvalue weighted by Crippen LogP contribution is -2.09. The number of nitrogens with zero attached hydrogens (tertiary/aromatic N) is 1. The van der Waals surface area contributed by atoms with Crippen LogP contribution in [0, 0.1) is 0 Å². The Morgan fingerprint density at radius 3 is 1.48 bits per heavy atom. The molecule has 0 atom stereocenters. The molecule has 0 N–H and O–H groups in total. The number of rotatable bonds is 17. The maximum atomic E-state index is 3.60. The van der Waals surface area contributed by atoms with Crippen molar-refractivity contribution in [3.63, 3.8) is 0 Å². The minimum absolute atomic E-state index is 1.04. The number of halogens is 1. The Hall–Kier alpha value is -6.22. The molecular formula is C63H60BrN. The van der Waals surface area contributed by atoms with E-state index in [0.29, 0.717) is 0 Å². The van der Waals surface area contributed by atoms with E-state index in [0.717, 1.165) is 53.6 Å². The molecule has 0 aliphatic rings. The van der Waals surface area contributed by atoms with Crippen LogP contribution in [0.3, 0.4) is 0 Å². The van der Waals surface area contributed by atoms with Crippen molar-refractivity contribution in [1.29, 1.82) is 0 Å². The first-order chi connectivity index (χ1) is 32.0. The standard InChI is InChI=1S/C63H60BrN/c1-4-7-10-15-45-21-24-47(25-22-45)49-29-37-55(38-30-49)65(56-39-31-50(32-40-56)48-27-35-54(64)36-28-48)57-41-33-52(34-42-57)62-44-53(16-9-6-3)63(59-19-12-11-18-58(59)62)60-20-13-17-51-26-23-46(14-8-5-2)43-61(51)60/h11-13,17-44H,4-10,14-16H2,1-3H3. The quantitative estimate of drug-likeness (QED) is 0.0823. The molecule has 0 aliphatic carbocycles. The van der Waals surface area contributed by atoms with Crippen LogP contribution < -0.4 is 4.90 Å². The normalized spacial score (nSPS) is 11.4. The summed E-state index contributed by atoms with van der Waals surface area (Å²) in [4.78, 5) is 2.39. The Kier molecular flexibility index (Phi) is 14.0. The summed E-state index contributed by atoms with van der Waals surface area (Å²) in [6.07, 6.45) is 11.8. The summed E-state index contributed by atoms with van der Waals surface area (Å²) in [5, 5.41) is 5.28. The molecule has 0 bridgehead atoms. The van der Waals surface area contributed by atoms with E-state index in [2.05, 4.69) is 230 Å². The summed E-state index contributed by atoms with van der Waals surface area (Å²) in [6, 6.07) is 70.7.